The maximum atomic E-state index is 11.5. The minimum absolute atomic E-state index is 0.0233. The van der Waals surface area contributed by atoms with Gasteiger partial charge in [0.1, 0.15) is 0 Å². The van der Waals surface area contributed by atoms with E-state index in [9.17, 15) is 4.79 Å². The zero-order valence-corrected chi connectivity index (χ0v) is 9.94. The van der Waals surface area contributed by atoms with Crippen LogP contribution in [0.4, 0.5) is 0 Å². The lowest BCUT2D eigenvalue weighted by Crippen LogP contribution is -2.30. The van der Waals surface area contributed by atoms with Gasteiger partial charge in [-0.3, -0.25) is 4.79 Å². The zero-order valence-electron chi connectivity index (χ0n) is 9.94. The molecule has 1 amide bonds. The molecule has 1 N–H and O–H groups in total. The molecule has 0 saturated carbocycles. The SMILES string of the molecule is CCC[C@H](C)NC(=O)/C=C/c1ccccc1. The Hall–Kier alpha value is -1.57. The van der Waals surface area contributed by atoms with Crippen LogP contribution < -0.4 is 5.32 Å². The lowest BCUT2D eigenvalue weighted by atomic mass is 10.2. The fraction of sp³-hybridized carbons (Fsp3) is 0.357. The van der Waals surface area contributed by atoms with Crippen LogP contribution in [-0.4, -0.2) is 11.9 Å². The third-order valence-corrected chi connectivity index (χ3v) is 2.34. The van der Waals surface area contributed by atoms with Gasteiger partial charge in [-0.15, -0.1) is 0 Å². The number of benzene rings is 1. The van der Waals surface area contributed by atoms with Crippen LogP contribution in [-0.2, 0) is 4.79 Å². The van der Waals surface area contributed by atoms with Gasteiger partial charge in [-0.25, -0.2) is 0 Å². The zero-order chi connectivity index (χ0) is 11.8. The molecule has 0 unspecified atom stereocenters. The van der Waals surface area contributed by atoms with Gasteiger partial charge in [0.25, 0.3) is 0 Å². The van der Waals surface area contributed by atoms with Crippen molar-refractivity contribution < 1.29 is 4.79 Å². The largest absolute Gasteiger partial charge is 0.350 e. The molecule has 86 valence electrons. The quantitative estimate of drug-likeness (QED) is 0.755. The summed E-state index contributed by atoms with van der Waals surface area (Å²) in [7, 11) is 0. The van der Waals surface area contributed by atoms with Crippen LogP contribution in [0.15, 0.2) is 36.4 Å². The van der Waals surface area contributed by atoms with Crippen LogP contribution in [0.25, 0.3) is 6.08 Å². The Kier molecular flexibility index (Phi) is 5.34. The highest BCUT2D eigenvalue weighted by atomic mass is 16.1. The third kappa shape index (κ3) is 4.78. The van der Waals surface area contributed by atoms with Crippen molar-refractivity contribution in [2.45, 2.75) is 32.7 Å². The monoisotopic (exact) mass is 217 g/mol. The minimum Gasteiger partial charge on any atom is -0.350 e. The summed E-state index contributed by atoms with van der Waals surface area (Å²) in [5, 5.41) is 2.93. The van der Waals surface area contributed by atoms with Crippen LogP contribution >= 0.6 is 0 Å². The molecular formula is C14H19NO. The van der Waals surface area contributed by atoms with Crippen LogP contribution in [0, 0.1) is 0 Å². The molecule has 0 radical (unpaired) electrons. The van der Waals surface area contributed by atoms with Crippen molar-refractivity contribution >= 4 is 12.0 Å². The van der Waals surface area contributed by atoms with Crippen molar-refractivity contribution in [3.8, 4) is 0 Å². The first-order valence-electron chi connectivity index (χ1n) is 5.76. The maximum absolute atomic E-state index is 11.5. The van der Waals surface area contributed by atoms with Crippen molar-refractivity contribution in [2.75, 3.05) is 0 Å². The van der Waals surface area contributed by atoms with E-state index in [1.54, 1.807) is 6.08 Å². The molecule has 0 bridgehead atoms. The van der Waals surface area contributed by atoms with E-state index in [0.29, 0.717) is 0 Å². The molecule has 1 rings (SSSR count). The van der Waals surface area contributed by atoms with Gasteiger partial charge in [0.05, 0.1) is 0 Å². The van der Waals surface area contributed by atoms with Gasteiger partial charge in [0, 0.05) is 12.1 Å². The molecule has 16 heavy (non-hydrogen) atoms. The Bertz CT molecular complexity index is 343. The molecule has 0 aromatic heterocycles. The molecule has 0 aliphatic carbocycles. The number of carbonyl (C=O) groups is 1. The number of hydrogen-bond acceptors (Lipinski definition) is 1. The lowest BCUT2D eigenvalue weighted by Gasteiger charge is -2.10. The van der Waals surface area contributed by atoms with Gasteiger partial charge in [0.2, 0.25) is 5.91 Å². The van der Waals surface area contributed by atoms with Crippen molar-refractivity contribution in [3.05, 3.63) is 42.0 Å². The van der Waals surface area contributed by atoms with E-state index in [2.05, 4.69) is 12.2 Å². The molecule has 0 aliphatic heterocycles. The summed E-state index contributed by atoms with van der Waals surface area (Å²) in [6.45, 7) is 4.14. The molecule has 0 saturated heterocycles. The van der Waals surface area contributed by atoms with E-state index in [1.165, 1.54) is 0 Å². The summed E-state index contributed by atoms with van der Waals surface area (Å²) < 4.78 is 0. The fourth-order valence-electron chi connectivity index (χ4n) is 1.53. The Balaban J connectivity index is 2.42. The van der Waals surface area contributed by atoms with Crippen molar-refractivity contribution in [3.63, 3.8) is 0 Å². The van der Waals surface area contributed by atoms with E-state index in [-0.39, 0.29) is 11.9 Å². The first-order chi connectivity index (χ1) is 7.72. The fourth-order valence-corrected chi connectivity index (χ4v) is 1.53. The second kappa shape index (κ2) is 6.83. The Labute approximate surface area is 97.4 Å². The second-order valence-corrected chi connectivity index (χ2v) is 3.94. The number of rotatable bonds is 5. The van der Waals surface area contributed by atoms with Crippen molar-refractivity contribution in [1.29, 1.82) is 0 Å². The highest BCUT2D eigenvalue weighted by Crippen LogP contribution is 2.01. The Morgan fingerprint density at radius 3 is 2.69 bits per heavy atom. The number of carbonyl (C=O) groups excluding carboxylic acids is 1. The second-order valence-electron chi connectivity index (χ2n) is 3.94. The molecule has 2 nitrogen and oxygen atoms in total. The molecule has 1 aromatic rings. The van der Waals surface area contributed by atoms with Crippen molar-refractivity contribution in [2.24, 2.45) is 0 Å². The van der Waals surface area contributed by atoms with Crippen molar-refractivity contribution in [1.82, 2.24) is 5.32 Å². The molecule has 0 heterocycles. The molecule has 0 aliphatic rings. The molecule has 1 aromatic carbocycles. The predicted molar refractivity (Wildman–Crippen MR) is 68.0 cm³/mol. The minimum atomic E-state index is -0.0233. The van der Waals surface area contributed by atoms with Gasteiger partial charge in [-0.05, 0) is 25.0 Å². The standard InChI is InChI=1S/C14H19NO/c1-3-7-12(2)15-14(16)11-10-13-8-5-4-6-9-13/h4-6,8-12H,3,7H2,1-2H3,(H,15,16)/b11-10+/t12-/m0/s1. The van der Waals surface area contributed by atoms with Crippen LogP contribution in [0.2, 0.25) is 0 Å². The topological polar surface area (TPSA) is 29.1 Å². The van der Waals surface area contributed by atoms with Crippen LogP contribution in [0.1, 0.15) is 32.3 Å². The molecule has 1 atom stereocenters. The van der Waals surface area contributed by atoms with E-state index < -0.39 is 0 Å². The van der Waals surface area contributed by atoms with E-state index in [0.717, 1.165) is 18.4 Å². The van der Waals surface area contributed by atoms with Crippen LogP contribution in [0.5, 0.6) is 0 Å². The number of amides is 1. The molecular weight excluding hydrogens is 198 g/mol. The number of nitrogens with one attached hydrogen (secondary N) is 1. The predicted octanol–water partition coefficient (Wildman–Crippen LogP) is 3.00. The normalized spacial score (nSPS) is 12.6. The average Bonchev–Trinajstić information content (AvgIpc) is 2.28. The summed E-state index contributed by atoms with van der Waals surface area (Å²) >= 11 is 0. The summed E-state index contributed by atoms with van der Waals surface area (Å²) in [6.07, 6.45) is 5.52. The highest BCUT2D eigenvalue weighted by molar-refractivity contribution is 5.91. The highest BCUT2D eigenvalue weighted by Gasteiger charge is 2.02. The third-order valence-electron chi connectivity index (χ3n) is 2.34. The smallest absolute Gasteiger partial charge is 0.244 e. The lowest BCUT2D eigenvalue weighted by molar-refractivity contribution is -0.117. The van der Waals surface area contributed by atoms with Crippen LogP contribution in [0.3, 0.4) is 0 Å². The summed E-state index contributed by atoms with van der Waals surface area (Å²) in [4.78, 5) is 11.5. The number of hydrogen-bond donors (Lipinski definition) is 1. The van der Waals surface area contributed by atoms with Gasteiger partial charge in [0.15, 0.2) is 0 Å². The van der Waals surface area contributed by atoms with E-state index >= 15 is 0 Å². The first kappa shape index (κ1) is 12.5. The Morgan fingerprint density at radius 1 is 1.38 bits per heavy atom. The molecule has 0 fully saturated rings. The molecule has 2 heteroatoms. The average molecular weight is 217 g/mol. The summed E-state index contributed by atoms with van der Waals surface area (Å²) in [6, 6.07) is 10.1. The van der Waals surface area contributed by atoms with E-state index in [1.807, 2.05) is 43.3 Å². The van der Waals surface area contributed by atoms with Gasteiger partial charge in [-0.1, -0.05) is 43.7 Å². The van der Waals surface area contributed by atoms with Gasteiger partial charge in [-0.2, -0.15) is 0 Å². The first-order valence-corrected chi connectivity index (χ1v) is 5.76. The van der Waals surface area contributed by atoms with Gasteiger partial charge >= 0.3 is 0 Å². The van der Waals surface area contributed by atoms with Gasteiger partial charge < -0.3 is 5.32 Å². The summed E-state index contributed by atoms with van der Waals surface area (Å²) in [5.41, 5.74) is 1.04. The Morgan fingerprint density at radius 2 is 2.06 bits per heavy atom. The summed E-state index contributed by atoms with van der Waals surface area (Å²) in [5.74, 6) is -0.0233. The molecule has 0 spiro atoms. The van der Waals surface area contributed by atoms with E-state index in [4.69, 9.17) is 0 Å². The maximum Gasteiger partial charge on any atom is 0.244 e.